The van der Waals surface area contributed by atoms with Gasteiger partial charge in [0.2, 0.25) is 0 Å². The molecule has 3 rings (SSSR count). The van der Waals surface area contributed by atoms with Gasteiger partial charge >= 0.3 is 5.97 Å². The van der Waals surface area contributed by atoms with Crippen LogP contribution < -0.4 is 10.1 Å². The van der Waals surface area contributed by atoms with Crippen molar-refractivity contribution in [2.75, 3.05) is 5.32 Å². The van der Waals surface area contributed by atoms with Crippen LogP contribution in [0.25, 0.3) is 0 Å². The summed E-state index contributed by atoms with van der Waals surface area (Å²) in [7, 11) is 0. The summed E-state index contributed by atoms with van der Waals surface area (Å²) in [4.78, 5) is 24.7. The maximum Gasteiger partial charge on any atom is 0.338 e. The number of esters is 1. The van der Waals surface area contributed by atoms with Crippen molar-refractivity contribution < 1.29 is 19.1 Å². The minimum Gasteiger partial charge on any atom is -0.457 e. The molecule has 0 saturated carbocycles. The van der Waals surface area contributed by atoms with Crippen LogP contribution in [0.4, 0.5) is 5.82 Å². The summed E-state index contributed by atoms with van der Waals surface area (Å²) in [6.45, 7) is 5.44. The predicted octanol–water partition coefficient (Wildman–Crippen LogP) is 4.44. The number of nitrogens with zero attached hydrogens (tertiary/aromatic N) is 2. The van der Waals surface area contributed by atoms with Crippen molar-refractivity contribution in [3.8, 4) is 11.5 Å². The van der Waals surface area contributed by atoms with E-state index in [4.69, 9.17) is 9.47 Å². The topological polar surface area (TPSA) is 82.5 Å². The van der Waals surface area contributed by atoms with E-state index in [1.54, 1.807) is 41.2 Å². The molecule has 0 bridgehead atoms. The van der Waals surface area contributed by atoms with Crippen LogP contribution in [0.1, 0.15) is 37.2 Å². The first-order chi connectivity index (χ1) is 13.9. The van der Waals surface area contributed by atoms with Gasteiger partial charge in [0.15, 0.2) is 6.10 Å². The molecule has 7 nitrogen and oxygen atoms in total. The Bertz CT molecular complexity index is 965. The molecule has 1 heterocycles. The van der Waals surface area contributed by atoms with E-state index in [2.05, 4.69) is 10.4 Å². The molecule has 29 heavy (non-hydrogen) atoms. The van der Waals surface area contributed by atoms with Gasteiger partial charge in [-0.05, 0) is 57.2 Å². The number of hydrogen-bond donors (Lipinski definition) is 1. The van der Waals surface area contributed by atoms with E-state index in [9.17, 15) is 9.59 Å². The molecule has 0 fully saturated rings. The van der Waals surface area contributed by atoms with Crippen LogP contribution in [0.2, 0.25) is 0 Å². The van der Waals surface area contributed by atoms with E-state index >= 15 is 0 Å². The summed E-state index contributed by atoms with van der Waals surface area (Å²) in [5, 5.41) is 6.89. The Labute approximate surface area is 169 Å². The zero-order valence-corrected chi connectivity index (χ0v) is 16.5. The molecule has 0 aliphatic heterocycles. The number of carbonyl (C=O) groups is 2. The first-order valence-electron chi connectivity index (χ1n) is 9.32. The SMILES string of the molecule is CC(C)n1nccc1NC(=O)[C@H](C)OC(=O)c1ccc(Oc2ccccc2)cc1. The van der Waals surface area contributed by atoms with Crippen molar-refractivity contribution in [2.45, 2.75) is 32.9 Å². The van der Waals surface area contributed by atoms with E-state index in [1.165, 1.54) is 6.92 Å². The maximum atomic E-state index is 12.4. The van der Waals surface area contributed by atoms with Gasteiger partial charge in [0.25, 0.3) is 5.91 Å². The molecule has 0 aliphatic carbocycles. The van der Waals surface area contributed by atoms with E-state index in [0.29, 0.717) is 22.9 Å². The van der Waals surface area contributed by atoms with Crippen LogP contribution >= 0.6 is 0 Å². The highest BCUT2D eigenvalue weighted by Crippen LogP contribution is 2.21. The Morgan fingerprint density at radius 2 is 1.59 bits per heavy atom. The average Bonchev–Trinajstić information content (AvgIpc) is 3.17. The van der Waals surface area contributed by atoms with Gasteiger partial charge in [-0.15, -0.1) is 0 Å². The minimum absolute atomic E-state index is 0.0924. The molecular formula is C22H23N3O4. The van der Waals surface area contributed by atoms with Crippen LogP contribution in [0.15, 0.2) is 66.9 Å². The summed E-state index contributed by atoms with van der Waals surface area (Å²) in [6.07, 6.45) is 0.643. The van der Waals surface area contributed by atoms with Gasteiger partial charge in [-0.3, -0.25) is 4.79 Å². The Kier molecular flexibility index (Phi) is 6.29. The summed E-state index contributed by atoms with van der Waals surface area (Å²) in [5.41, 5.74) is 0.331. The van der Waals surface area contributed by atoms with Crippen LogP contribution in [0, 0.1) is 0 Å². The highest BCUT2D eigenvalue weighted by molar-refractivity contribution is 5.96. The number of para-hydroxylation sites is 1. The van der Waals surface area contributed by atoms with E-state index < -0.39 is 18.0 Å². The molecule has 0 unspecified atom stereocenters. The number of aromatic nitrogens is 2. The first kappa shape index (κ1) is 20.1. The van der Waals surface area contributed by atoms with Crippen LogP contribution in [0.3, 0.4) is 0 Å². The molecule has 0 radical (unpaired) electrons. The lowest BCUT2D eigenvalue weighted by Crippen LogP contribution is -2.31. The Morgan fingerprint density at radius 1 is 0.931 bits per heavy atom. The molecule has 2 aromatic carbocycles. The molecule has 1 atom stereocenters. The number of carbonyl (C=O) groups excluding carboxylic acids is 2. The van der Waals surface area contributed by atoms with Gasteiger partial charge in [-0.2, -0.15) is 5.10 Å². The first-order valence-corrected chi connectivity index (χ1v) is 9.32. The fourth-order valence-electron chi connectivity index (χ4n) is 2.62. The van der Waals surface area contributed by atoms with Gasteiger partial charge < -0.3 is 14.8 Å². The summed E-state index contributed by atoms with van der Waals surface area (Å²) < 4.78 is 12.7. The molecular weight excluding hydrogens is 370 g/mol. The number of hydrogen-bond acceptors (Lipinski definition) is 5. The predicted molar refractivity (Wildman–Crippen MR) is 109 cm³/mol. The van der Waals surface area contributed by atoms with Gasteiger partial charge in [-0.1, -0.05) is 18.2 Å². The Morgan fingerprint density at radius 3 is 2.24 bits per heavy atom. The zero-order valence-electron chi connectivity index (χ0n) is 16.5. The van der Waals surface area contributed by atoms with Gasteiger partial charge in [0, 0.05) is 12.1 Å². The van der Waals surface area contributed by atoms with Crippen molar-refractivity contribution in [1.82, 2.24) is 9.78 Å². The molecule has 1 aromatic heterocycles. The fraction of sp³-hybridized carbons (Fsp3) is 0.227. The van der Waals surface area contributed by atoms with Gasteiger partial charge in [0.05, 0.1) is 11.8 Å². The summed E-state index contributed by atoms with van der Waals surface area (Å²) >= 11 is 0. The van der Waals surface area contributed by atoms with E-state index in [-0.39, 0.29) is 6.04 Å². The average molecular weight is 393 g/mol. The van der Waals surface area contributed by atoms with Crippen molar-refractivity contribution in [1.29, 1.82) is 0 Å². The van der Waals surface area contributed by atoms with E-state index in [0.717, 1.165) is 0 Å². The summed E-state index contributed by atoms with van der Waals surface area (Å²) in [6, 6.07) is 17.7. The van der Waals surface area contributed by atoms with E-state index in [1.807, 2.05) is 44.2 Å². The molecule has 0 spiro atoms. The lowest BCUT2D eigenvalue weighted by atomic mass is 10.2. The Hall–Kier alpha value is -3.61. The number of ether oxygens (including phenoxy) is 2. The van der Waals surface area contributed by atoms with Crippen molar-refractivity contribution in [2.24, 2.45) is 0 Å². The second-order valence-electron chi connectivity index (χ2n) is 6.73. The highest BCUT2D eigenvalue weighted by Gasteiger charge is 2.20. The number of nitrogens with one attached hydrogen (secondary N) is 1. The quantitative estimate of drug-likeness (QED) is 0.600. The largest absolute Gasteiger partial charge is 0.457 e. The smallest absolute Gasteiger partial charge is 0.338 e. The third kappa shape index (κ3) is 5.22. The summed E-state index contributed by atoms with van der Waals surface area (Å²) in [5.74, 6) is 0.839. The third-order valence-electron chi connectivity index (χ3n) is 4.13. The molecule has 3 aromatic rings. The van der Waals surface area contributed by atoms with Crippen LogP contribution in [-0.2, 0) is 9.53 Å². The molecule has 7 heteroatoms. The van der Waals surface area contributed by atoms with Crippen molar-refractivity contribution in [3.05, 3.63) is 72.4 Å². The van der Waals surface area contributed by atoms with Gasteiger partial charge in [-0.25, -0.2) is 9.48 Å². The molecule has 0 aliphatic rings. The zero-order chi connectivity index (χ0) is 20.8. The number of rotatable bonds is 7. The molecule has 0 saturated heterocycles. The van der Waals surface area contributed by atoms with Crippen LogP contribution in [-0.4, -0.2) is 27.8 Å². The molecule has 150 valence electrons. The van der Waals surface area contributed by atoms with Crippen molar-refractivity contribution in [3.63, 3.8) is 0 Å². The lowest BCUT2D eigenvalue weighted by molar-refractivity contribution is -0.123. The standard InChI is InChI=1S/C22H23N3O4/c1-15(2)25-20(13-14-23-25)24-21(26)16(3)28-22(27)17-9-11-19(12-10-17)29-18-7-5-4-6-8-18/h4-16H,1-3H3,(H,24,26)/t16-/m0/s1. The Balaban J connectivity index is 1.57. The maximum absolute atomic E-state index is 12.4. The number of anilines is 1. The van der Waals surface area contributed by atoms with Crippen molar-refractivity contribution >= 4 is 17.7 Å². The molecule has 1 N–H and O–H groups in total. The second kappa shape index (κ2) is 9.05. The normalized spacial score (nSPS) is 11.7. The monoisotopic (exact) mass is 393 g/mol. The third-order valence-corrected chi connectivity index (χ3v) is 4.13. The minimum atomic E-state index is -0.960. The number of amides is 1. The van der Waals surface area contributed by atoms with Crippen LogP contribution in [0.5, 0.6) is 11.5 Å². The fourth-order valence-corrected chi connectivity index (χ4v) is 2.62. The molecule has 1 amide bonds. The lowest BCUT2D eigenvalue weighted by Gasteiger charge is -2.16. The second-order valence-corrected chi connectivity index (χ2v) is 6.73. The van der Waals surface area contributed by atoms with Gasteiger partial charge in [0.1, 0.15) is 17.3 Å². The highest BCUT2D eigenvalue weighted by atomic mass is 16.5. The number of benzene rings is 2.